The van der Waals surface area contributed by atoms with Crippen LogP contribution in [0.25, 0.3) is 0 Å². The lowest BCUT2D eigenvalue weighted by molar-refractivity contribution is -0.147. The number of benzene rings is 1. The maximum atomic E-state index is 13.0. The molecule has 5 aliphatic rings. The molecule has 2 saturated carbocycles. The molecule has 32 heavy (non-hydrogen) atoms. The second-order valence-electron chi connectivity index (χ2n) is 11.7. The van der Waals surface area contributed by atoms with Crippen LogP contribution in [0.15, 0.2) is 18.2 Å². The van der Waals surface area contributed by atoms with E-state index in [9.17, 15) is 4.79 Å². The van der Waals surface area contributed by atoms with Gasteiger partial charge in [-0.25, -0.2) is 0 Å². The molecule has 0 unspecified atom stereocenters. The first-order valence-corrected chi connectivity index (χ1v) is 12.8. The van der Waals surface area contributed by atoms with Crippen LogP contribution >= 0.6 is 0 Å². The predicted octanol–water partition coefficient (Wildman–Crippen LogP) is 3.95. The van der Waals surface area contributed by atoms with Crippen molar-refractivity contribution < 1.29 is 14.3 Å². The number of piperazine rings is 1. The number of carbonyl (C=O) groups is 1. The Morgan fingerprint density at radius 3 is 2.59 bits per heavy atom. The fraction of sp³-hybridized carbons (Fsp3) is 0.741. The van der Waals surface area contributed by atoms with Crippen molar-refractivity contribution in [1.29, 1.82) is 0 Å². The Morgan fingerprint density at radius 1 is 1.09 bits per heavy atom. The number of anilines is 1. The van der Waals surface area contributed by atoms with Gasteiger partial charge in [0.2, 0.25) is 0 Å². The quantitative estimate of drug-likeness (QED) is 0.528. The van der Waals surface area contributed by atoms with E-state index < -0.39 is 0 Å². The minimum absolute atomic E-state index is 0.0374. The van der Waals surface area contributed by atoms with Crippen molar-refractivity contribution in [2.24, 2.45) is 23.2 Å². The monoisotopic (exact) mass is 438 g/mol. The van der Waals surface area contributed by atoms with Crippen molar-refractivity contribution in [3.63, 3.8) is 0 Å². The van der Waals surface area contributed by atoms with Gasteiger partial charge >= 0.3 is 5.97 Å². The average Bonchev–Trinajstić information content (AvgIpc) is 3.47. The van der Waals surface area contributed by atoms with Crippen molar-refractivity contribution in [2.45, 2.75) is 64.6 Å². The summed E-state index contributed by atoms with van der Waals surface area (Å²) in [5.74, 6) is 1.07. The minimum Gasteiger partial charge on any atom is -0.462 e. The van der Waals surface area contributed by atoms with Crippen molar-refractivity contribution in [3.05, 3.63) is 29.3 Å². The maximum absolute atomic E-state index is 13.0. The molecule has 3 saturated heterocycles. The number of nitrogens with zero attached hydrogens (tertiary/aromatic N) is 2. The van der Waals surface area contributed by atoms with Gasteiger partial charge in [-0.05, 0) is 80.5 Å². The fourth-order valence-electron chi connectivity index (χ4n) is 7.55. The summed E-state index contributed by atoms with van der Waals surface area (Å²) in [6.45, 7) is 12.7. The van der Waals surface area contributed by atoms with Crippen LogP contribution in [0, 0.1) is 37.0 Å². The summed E-state index contributed by atoms with van der Waals surface area (Å²) in [6.07, 6.45) is 6.00. The van der Waals surface area contributed by atoms with Gasteiger partial charge in [-0.15, -0.1) is 0 Å². The number of hydrogen-bond acceptors (Lipinski definition) is 5. The molecule has 5 fully saturated rings. The molecule has 5 nitrogen and oxygen atoms in total. The molecular formula is C27H38N2O3. The normalized spacial score (nSPS) is 41.3. The molecule has 174 valence electrons. The van der Waals surface area contributed by atoms with Gasteiger partial charge < -0.3 is 14.4 Å². The van der Waals surface area contributed by atoms with Crippen LogP contribution in [0.4, 0.5) is 5.69 Å². The zero-order valence-electron chi connectivity index (χ0n) is 19.9. The van der Waals surface area contributed by atoms with Gasteiger partial charge in [0, 0.05) is 44.3 Å². The lowest BCUT2D eigenvalue weighted by atomic mass is 9.53. The summed E-state index contributed by atoms with van der Waals surface area (Å²) in [4.78, 5) is 18.0. The average molecular weight is 439 g/mol. The molecule has 6 rings (SSSR count). The first kappa shape index (κ1) is 21.0. The van der Waals surface area contributed by atoms with Gasteiger partial charge in [0.05, 0.1) is 18.1 Å². The second kappa shape index (κ2) is 7.46. The largest absolute Gasteiger partial charge is 0.462 e. The van der Waals surface area contributed by atoms with Crippen molar-refractivity contribution >= 4 is 11.7 Å². The van der Waals surface area contributed by atoms with E-state index in [-0.39, 0.29) is 29.0 Å². The van der Waals surface area contributed by atoms with Crippen molar-refractivity contribution in [3.8, 4) is 0 Å². The molecule has 0 N–H and O–H groups in total. The number of aryl methyl sites for hydroxylation is 2. The van der Waals surface area contributed by atoms with E-state index in [1.165, 1.54) is 36.1 Å². The number of esters is 1. The van der Waals surface area contributed by atoms with Crippen LogP contribution < -0.4 is 4.90 Å². The van der Waals surface area contributed by atoms with Crippen molar-refractivity contribution in [1.82, 2.24) is 4.90 Å². The van der Waals surface area contributed by atoms with Crippen LogP contribution in [0.1, 0.15) is 50.2 Å². The third kappa shape index (κ3) is 3.38. The number of epoxide rings is 1. The highest BCUT2D eigenvalue weighted by atomic mass is 16.6. The van der Waals surface area contributed by atoms with E-state index in [0.717, 1.165) is 52.2 Å². The molecule has 5 heteroatoms. The van der Waals surface area contributed by atoms with Crippen LogP contribution in [0.2, 0.25) is 0 Å². The van der Waals surface area contributed by atoms with Gasteiger partial charge in [0.1, 0.15) is 6.10 Å². The van der Waals surface area contributed by atoms with Gasteiger partial charge in [-0.3, -0.25) is 9.69 Å². The zero-order valence-corrected chi connectivity index (χ0v) is 19.9. The highest BCUT2D eigenvalue weighted by Crippen LogP contribution is 2.62. The van der Waals surface area contributed by atoms with Crippen LogP contribution in [-0.2, 0) is 14.3 Å². The van der Waals surface area contributed by atoms with E-state index in [4.69, 9.17) is 9.47 Å². The van der Waals surface area contributed by atoms with E-state index in [2.05, 4.69) is 48.8 Å². The van der Waals surface area contributed by atoms with E-state index in [1.54, 1.807) is 0 Å². The Balaban J connectivity index is 1.11. The number of rotatable bonds is 3. The lowest BCUT2D eigenvalue weighted by Crippen LogP contribution is -2.52. The summed E-state index contributed by atoms with van der Waals surface area (Å²) < 4.78 is 12.1. The molecule has 1 aromatic carbocycles. The molecule has 6 atom stereocenters. The van der Waals surface area contributed by atoms with Crippen molar-refractivity contribution in [2.75, 3.05) is 44.2 Å². The third-order valence-corrected chi connectivity index (χ3v) is 9.76. The van der Waals surface area contributed by atoms with Crippen LogP contribution in [0.3, 0.4) is 0 Å². The number of fused-ring (bicyclic) bond motifs is 3. The Labute approximate surface area is 192 Å². The summed E-state index contributed by atoms with van der Waals surface area (Å²) in [5, 5.41) is 0. The number of hydrogen-bond donors (Lipinski definition) is 0. The Morgan fingerprint density at radius 2 is 1.88 bits per heavy atom. The van der Waals surface area contributed by atoms with Gasteiger partial charge in [-0.2, -0.15) is 0 Å². The zero-order chi connectivity index (χ0) is 22.1. The summed E-state index contributed by atoms with van der Waals surface area (Å²) in [7, 11) is 0. The summed E-state index contributed by atoms with van der Waals surface area (Å²) >= 11 is 0. The van der Waals surface area contributed by atoms with Gasteiger partial charge in [0.15, 0.2) is 0 Å². The molecule has 3 heterocycles. The SMILES string of the molecule is Cc1ccc(N2CCN(C[C@H]3C(=O)O[C@@H]4C[C@@]5(C)CCC[C@@]6(CO6)[C@@H]5C[C@@H]43)CC2)cc1C. The van der Waals surface area contributed by atoms with Gasteiger partial charge in [0.25, 0.3) is 0 Å². The Hall–Kier alpha value is -1.59. The highest BCUT2D eigenvalue weighted by molar-refractivity contribution is 5.75. The Kier molecular flexibility index (Phi) is 4.89. The molecule has 2 aliphatic carbocycles. The first-order chi connectivity index (χ1) is 15.4. The smallest absolute Gasteiger partial charge is 0.310 e. The minimum atomic E-state index is 0.0374. The molecule has 0 radical (unpaired) electrons. The molecule has 0 bridgehead atoms. The lowest BCUT2D eigenvalue weighted by Gasteiger charge is -2.51. The third-order valence-electron chi connectivity index (χ3n) is 9.76. The predicted molar refractivity (Wildman–Crippen MR) is 125 cm³/mol. The molecule has 3 aliphatic heterocycles. The number of carbonyl (C=O) groups excluding carboxylic acids is 1. The maximum Gasteiger partial charge on any atom is 0.310 e. The van der Waals surface area contributed by atoms with Gasteiger partial charge in [-0.1, -0.05) is 13.0 Å². The van der Waals surface area contributed by atoms with Crippen LogP contribution in [0.5, 0.6) is 0 Å². The molecule has 1 spiro atoms. The van der Waals surface area contributed by atoms with E-state index >= 15 is 0 Å². The highest BCUT2D eigenvalue weighted by Gasteiger charge is 2.65. The summed E-state index contributed by atoms with van der Waals surface area (Å²) in [5.41, 5.74) is 4.44. The Bertz CT molecular complexity index is 904. The molecule has 1 aromatic rings. The van der Waals surface area contributed by atoms with Crippen LogP contribution in [-0.4, -0.2) is 61.9 Å². The number of ether oxygens (including phenoxy) is 2. The fourth-order valence-corrected chi connectivity index (χ4v) is 7.55. The molecular weight excluding hydrogens is 400 g/mol. The topological polar surface area (TPSA) is 45.3 Å². The standard InChI is InChI=1S/C27H38N2O3/c1-18-5-6-20(13-19(18)2)29-11-9-28(10-12-29)16-22-21-14-24-26(3,15-23(21)32-25(22)30)7-4-8-27(24)17-31-27/h5-6,13,21-24H,4,7-12,14-17H2,1-3H3/t21-,22-,23-,24-,26-,27-/m1/s1. The first-order valence-electron chi connectivity index (χ1n) is 12.8. The van der Waals surface area contributed by atoms with E-state index in [0.29, 0.717) is 11.8 Å². The second-order valence-corrected chi connectivity index (χ2v) is 11.7. The molecule has 0 amide bonds. The van der Waals surface area contributed by atoms with E-state index in [1.807, 2.05) is 0 Å². The molecule has 0 aromatic heterocycles. The summed E-state index contributed by atoms with van der Waals surface area (Å²) in [6, 6.07) is 6.78.